The standard InChI is InChI=1S/C18H31NO4/c1-13(2)19-18(15(5)20)23-17-8-6-16(7-9-17)12-21-10-11-22-14(3)4/h6-9,13-15,18-20H,10-12H2,1-5H3. The molecule has 5 nitrogen and oxygen atoms in total. The molecule has 0 heterocycles. The second-order valence-electron chi connectivity index (χ2n) is 6.22. The molecule has 2 unspecified atom stereocenters. The Balaban J connectivity index is 2.40. The quantitative estimate of drug-likeness (QED) is 0.484. The summed E-state index contributed by atoms with van der Waals surface area (Å²) in [6.07, 6.45) is -0.789. The molecule has 0 amide bonds. The van der Waals surface area contributed by atoms with Crippen molar-refractivity contribution in [2.24, 2.45) is 0 Å². The van der Waals surface area contributed by atoms with E-state index in [2.05, 4.69) is 5.32 Å². The monoisotopic (exact) mass is 325 g/mol. The van der Waals surface area contributed by atoms with E-state index in [9.17, 15) is 5.11 Å². The smallest absolute Gasteiger partial charge is 0.176 e. The first kappa shape index (κ1) is 19.9. The zero-order chi connectivity index (χ0) is 17.2. The highest BCUT2D eigenvalue weighted by molar-refractivity contribution is 5.27. The Morgan fingerprint density at radius 2 is 1.65 bits per heavy atom. The Bertz CT molecular complexity index is 418. The van der Waals surface area contributed by atoms with E-state index in [0.29, 0.717) is 19.8 Å². The van der Waals surface area contributed by atoms with Crippen molar-refractivity contribution in [3.8, 4) is 5.75 Å². The maximum atomic E-state index is 9.76. The van der Waals surface area contributed by atoms with Gasteiger partial charge >= 0.3 is 0 Å². The Hall–Kier alpha value is -1.14. The summed E-state index contributed by atoms with van der Waals surface area (Å²) in [5, 5.41) is 13.0. The number of benzene rings is 1. The van der Waals surface area contributed by atoms with Crippen LogP contribution in [0.5, 0.6) is 5.75 Å². The van der Waals surface area contributed by atoms with Crippen LogP contribution in [0.2, 0.25) is 0 Å². The van der Waals surface area contributed by atoms with E-state index in [1.165, 1.54) is 0 Å². The van der Waals surface area contributed by atoms with Crippen LogP contribution in [-0.2, 0) is 16.1 Å². The van der Waals surface area contributed by atoms with Gasteiger partial charge in [-0.15, -0.1) is 0 Å². The van der Waals surface area contributed by atoms with Gasteiger partial charge in [-0.25, -0.2) is 0 Å². The molecule has 0 spiro atoms. The SMILES string of the molecule is CC(C)NC(Oc1ccc(COCCOC(C)C)cc1)C(C)O. The Labute approximate surface area is 139 Å². The summed E-state index contributed by atoms with van der Waals surface area (Å²) in [5.41, 5.74) is 1.08. The van der Waals surface area contributed by atoms with Crippen molar-refractivity contribution in [1.82, 2.24) is 5.32 Å². The van der Waals surface area contributed by atoms with Crippen molar-refractivity contribution in [2.45, 2.75) is 65.7 Å². The number of aliphatic hydroxyl groups is 1. The molecule has 0 bridgehead atoms. The largest absolute Gasteiger partial charge is 0.473 e. The molecule has 0 saturated heterocycles. The van der Waals surface area contributed by atoms with Crippen molar-refractivity contribution in [1.29, 1.82) is 0 Å². The third kappa shape index (κ3) is 8.91. The highest BCUT2D eigenvalue weighted by Crippen LogP contribution is 2.15. The van der Waals surface area contributed by atoms with Gasteiger partial charge in [-0.2, -0.15) is 0 Å². The summed E-state index contributed by atoms with van der Waals surface area (Å²) in [6.45, 7) is 11.5. The topological polar surface area (TPSA) is 60.0 Å². The van der Waals surface area contributed by atoms with Crippen molar-refractivity contribution >= 4 is 0 Å². The van der Waals surface area contributed by atoms with E-state index in [1.807, 2.05) is 52.0 Å². The minimum atomic E-state index is -0.596. The molecule has 132 valence electrons. The van der Waals surface area contributed by atoms with Crippen LogP contribution in [0, 0.1) is 0 Å². The van der Waals surface area contributed by atoms with Gasteiger partial charge in [-0.05, 0) is 52.3 Å². The lowest BCUT2D eigenvalue weighted by Gasteiger charge is -2.25. The highest BCUT2D eigenvalue weighted by atomic mass is 16.5. The third-order valence-corrected chi connectivity index (χ3v) is 3.07. The van der Waals surface area contributed by atoms with Gasteiger partial charge in [0.25, 0.3) is 0 Å². The number of hydrogen-bond donors (Lipinski definition) is 2. The van der Waals surface area contributed by atoms with Crippen LogP contribution in [-0.4, -0.2) is 42.8 Å². The average Bonchev–Trinajstić information content (AvgIpc) is 2.47. The van der Waals surface area contributed by atoms with Crippen molar-refractivity contribution in [3.63, 3.8) is 0 Å². The van der Waals surface area contributed by atoms with E-state index in [0.717, 1.165) is 11.3 Å². The minimum absolute atomic E-state index is 0.232. The van der Waals surface area contributed by atoms with E-state index < -0.39 is 12.3 Å². The molecule has 0 aliphatic rings. The van der Waals surface area contributed by atoms with Gasteiger partial charge in [0.05, 0.1) is 25.9 Å². The molecule has 0 fully saturated rings. The molecule has 1 rings (SSSR count). The van der Waals surface area contributed by atoms with Gasteiger partial charge in [-0.3, -0.25) is 5.32 Å². The summed E-state index contributed by atoms with van der Waals surface area (Å²) in [4.78, 5) is 0. The van der Waals surface area contributed by atoms with E-state index in [-0.39, 0.29) is 12.1 Å². The summed E-state index contributed by atoms with van der Waals surface area (Å²) in [5.74, 6) is 0.718. The highest BCUT2D eigenvalue weighted by Gasteiger charge is 2.17. The van der Waals surface area contributed by atoms with E-state index >= 15 is 0 Å². The number of rotatable bonds is 11. The molecule has 0 aromatic heterocycles. The molecule has 0 saturated carbocycles. The maximum absolute atomic E-state index is 9.76. The van der Waals surface area contributed by atoms with Crippen LogP contribution in [0.15, 0.2) is 24.3 Å². The predicted octanol–water partition coefficient (Wildman–Crippen LogP) is 2.71. The Morgan fingerprint density at radius 3 is 2.17 bits per heavy atom. The molecule has 0 aliphatic heterocycles. The van der Waals surface area contributed by atoms with Crippen LogP contribution in [0.1, 0.15) is 40.2 Å². The molecule has 0 aliphatic carbocycles. The first-order valence-electron chi connectivity index (χ1n) is 8.27. The van der Waals surface area contributed by atoms with Gasteiger partial charge in [0.2, 0.25) is 0 Å². The summed E-state index contributed by atoms with van der Waals surface area (Å²) in [7, 11) is 0. The second kappa shape index (κ2) is 10.6. The summed E-state index contributed by atoms with van der Waals surface area (Å²) >= 11 is 0. The summed E-state index contributed by atoms with van der Waals surface area (Å²) in [6, 6.07) is 7.94. The van der Waals surface area contributed by atoms with Crippen LogP contribution in [0.4, 0.5) is 0 Å². The molecular formula is C18H31NO4. The molecule has 2 atom stereocenters. The average molecular weight is 325 g/mol. The zero-order valence-corrected chi connectivity index (χ0v) is 14.9. The number of ether oxygens (including phenoxy) is 3. The zero-order valence-electron chi connectivity index (χ0n) is 14.9. The molecule has 2 N–H and O–H groups in total. The lowest BCUT2D eigenvalue weighted by atomic mass is 10.2. The fraction of sp³-hybridized carbons (Fsp3) is 0.667. The normalized spacial score (nSPS) is 14.3. The van der Waals surface area contributed by atoms with Gasteiger partial charge in [0, 0.05) is 6.04 Å². The van der Waals surface area contributed by atoms with E-state index in [4.69, 9.17) is 14.2 Å². The van der Waals surface area contributed by atoms with Gasteiger partial charge in [-0.1, -0.05) is 12.1 Å². The van der Waals surface area contributed by atoms with Crippen molar-refractivity contribution in [3.05, 3.63) is 29.8 Å². The van der Waals surface area contributed by atoms with Gasteiger partial charge in [0.15, 0.2) is 6.23 Å². The molecule has 0 radical (unpaired) electrons. The number of aliphatic hydroxyl groups excluding tert-OH is 1. The van der Waals surface area contributed by atoms with Crippen molar-refractivity contribution < 1.29 is 19.3 Å². The Morgan fingerprint density at radius 1 is 1.00 bits per heavy atom. The first-order chi connectivity index (χ1) is 10.9. The van der Waals surface area contributed by atoms with Crippen LogP contribution in [0.25, 0.3) is 0 Å². The third-order valence-electron chi connectivity index (χ3n) is 3.07. The molecule has 5 heteroatoms. The van der Waals surface area contributed by atoms with E-state index in [1.54, 1.807) is 6.92 Å². The molecule has 1 aromatic rings. The van der Waals surface area contributed by atoms with Crippen LogP contribution >= 0.6 is 0 Å². The Kier molecular flexibility index (Phi) is 9.17. The molecule has 23 heavy (non-hydrogen) atoms. The predicted molar refractivity (Wildman–Crippen MR) is 91.6 cm³/mol. The second-order valence-corrected chi connectivity index (χ2v) is 6.22. The lowest BCUT2D eigenvalue weighted by molar-refractivity contribution is 0.0141. The first-order valence-corrected chi connectivity index (χ1v) is 8.27. The number of hydrogen-bond acceptors (Lipinski definition) is 5. The lowest BCUT2D eigenvalue weighted by Crippen LogP contribution is -2.46. The van der Waals surface area contributed by atoms with Gasteiger partial charge < -0.3 is 19.3 Å². The summed E-state index contributed by atoms with van der Waals surface area (Å²) < 4.78 is 16.8. The molecular weight excluding hydrogens is 294 g/mol. The maximum Gasteiger partial charge on any atom is 0.176 e. The minimum Gasteiger partial charge on any atom is -0.473 e. The number of nitrogens with one attached hydrogen (secondary N) is 1. The fourth-order valence-electron chi connectivity index (χ4n) is 1.94. The van der Waals surface area contributed by atoms with Crippen LogP contribution in [0.3, 0.4) is 0 Å². The fourth-order valence-corrected chi connectivity index (χ4v) is 1.94. The van der Waals surface area contributed by atoms with Gasteiger partial charge in [0.1, 0.15) is 11.9 Å². The van der Waals surface area contributed by atoms with Crippen molar-refractivity contribution in [2.75, 3.05) is 13.2 Å². The molecule has 1 aromatic carbocycles. The van der Waals surface area contributed by atoms with Crippen LogP contribution < -0.4 is 10.1 Å².